The SMILES string of the molecule is CCCCCCN1c2ccc(-c3ccc(F)cc3)cc2S(=O)c2cc(-c3ccc(F)cc3)ccc21. The number of benzene rings is 4. The van der Waals surface area contributed by atoms with Crippen LogP contribution in [0.1, 0.15) is 32.6 Å². The molecule has 1 aliphatic heterocycles. The Kier molecular flexibility index (Phi) is 6.78. The highest BCUT2D eigenvalue weighted by Crippen LogP contribution is 2.45. The number of hydrogen-bond donors (Lipinski definition) is 0. The van der Waals surface area contributed by atoms with Crippen molar-refractivity contribution in [1.29, 1.82) is 0 Å². The minimum Gasteiger partial charge on any atom is -0.339 e. The number of anilines is 2. The highest BCUT2D eigenvalue weighted by atomic mass is 32.2. The normalized spacial score (nSPS) is 12.9. The molecule has 35 heavy (non-hydrogen) atoms. The Hall–Kier alpha value is -3.31. The summed E-state index contributed by atoms with van der Waals surface area (Å²) in [6.07, 6.45) is 4.53. The van der Waals surface area contributed by atoms with E-state index in [4.69, 9.17) is 0 Å². The molecule has 0 aromatic heterocycles. The average molecular weight is 488 g/mol. The van der Waals surface area contributed by atoms with E-state index in [-0.39, 0.29) is 11.6 Å². The van der Waals surface area contributed by atoms with Crippen LogP contribution in [0.2, 0.25) is 0 Å². The molecule has 0 saturated heterocycles. The van der Waals surface area contributed by atoms with Gasteiger partial charge in [0.15, 0.2) is 0 Å². The minimum absolute atomic E-state index is 0.282. The molecule has 2 nitrogen and oxygen atoms in total. The van der Waals surface area contributed by atoms with Crippen molar-refractivity contribution in [3.63, 3.8) is 0 Å². The molecule has 0 spiro atoms. The lowest BCUT2D eigenvalue weighted by atomic mass is 10.0. The summed E-state index contributed by atoms with van der Waals surface area (Å²) < 4.78 is 40.8. The summed E-state index contributed by atoms with van der Waals surface area (Å²) in [6.45, 7) is 3.03. The average Bonchev–Trinajstić information content (AvgIpc) is 2.89. The molecule has 0 radical (unpaired) electrons. The van der Waals surface area contributed by atoms with E-state index in [1.54, 1.807) is 24.3 Å². The molecule has 1 aliphatic rings. The second kappa shape index (κ2) is 10.1. The van der Waals surface area contributed by atoms with Crippen LogP contribution in [0, 0.1) is 11.6 Å². The first-order chi connectivity index (χ1) is 17.0. The van der Waals surface area contributed by atoms with Gasteiger partial charge in [0.2, 0.25) is 0 Å². The first kappa shape index (κ1) is 23.4. The lowest BCUT2D eigenvalue weighted by molar-refractivity contribution is 0.627. The predicted molar refractivity (Wildman–Crippen MR) is 139 cm³/mol. The molecule has 0 saturated carbocycles. The third-order valence-electron chi connectivity index (χ3n) is 6.49. The molecule has 0 fully saturated rings. The van der Waals surface area contributed by atoms with E-state index < -0.39 is 10.8 Å². The predicted octanol–water partition coefficient (Wildman–Crippen LogP) is 8.50. The van der Waals surface area contributed by atoms with Gasteiger partial charge in [-0.2, -0.15) is 0 Å². The molecule has 0 N–H and O–H groups in total. The summed E-state index contributed by atoms with van der Waals surface area (Å²) in [5.41, 5.74) is 5.47. The van der Waals surface area contributed by atoms with E-state index in [1.807, 2.05) is 36.4 Å². The molecular weight excluding hydrogens is 460 g/mol. The molecule has 0 atom stereocenters. The smallest absolute Gasteiger partial charge is 0.123 e. The van der Waals surface area contributed by atoms with Crippen LogP contribution >= 0.6 is 0 Å². The van der Waals surface area contributed by atoms with Gasteiger partial charge in [-0.3, -0.25) is 0 Å². The third kappa shape index (κ3) is 4.78. The largest absolute Gasteiger partial charge is 0.339 e. The first-order valence-electron chi connectivity index (χ1n) is 12.0. The Morgan fingerprint density at radius 2 is 1.09 bits per heavy atom. The number of halogens is 2. The Balaban J connectivity index is 1.58. The fourth-order valence-electron chi connectivity index (χ4n) is 4.60. The van der Waals surface area contributed by atoms with Crippen molar-refractivity contribution >= 4 is 22.2 Å². The highest BCUT2D eigenvalue weighted by Gasteiger charge is 2.29. The van der Waals surface area contributed by atoms with Crippen LogP contribution in [0.15, 0.2) is 94.7 Å². The first-order valence-corrected chi connectivity index (χ1v) is 13.2. The van der Waals surface area contributed by atoms with Gasteiger partial charge in [-0.15, -0.1) is 0 Å². The van der Waals surface area contributed by atoms with Crippen molar-refractivity contribution in [1.82, 2.24) is 0 Å². The molecule has 0 aliphatic carbocycles. The third-order valence-corrected chi connectivity index (χ3v) is 7.94. The van der Waals surface area contributed by atoms with Crippen LogP contribution in [0.3, 0.4) is 0 Å². The molecule has 5 rings (SSSR count). The lowest BCUT2D eigenvalue weighted by Gasteiger charge is -2.33. The fourth-order valence-corrected chi connectivity index (χ4v) is 6.04. The van der Waals surface area contributed by atoms with E-state index in [1.165, 1.54) is 37.1 Å². The number of unbranched alkanes of at least 4 members (excludes halogenated alkanes) is 3. The fraction of sp³-hybridized carbons (Fsp3) is 0.200. The molecule has 0 bridgehead atoms. The number of hydrogen-bond acceptors (Lipinski definition) is 2. The molecular formula is C30H27F2NOS. The van der Waals surface area contributed by atoms with Crippen LogP contribution in [0.25, 0.3) is 22.3 Å². The van der Waals surface area contributed by atoms with Gasteiger partial charge < -0.3 is 4.90 Å². The quantitative estimate of drug-likeness (QED) is 0.244. The Morgan fingerprint density at radius 1 is 0.629 bits per heavy atom. The number of nitrogens with zero attached hydrogens (tertiary/aromatic N) is 1. The van der Waals surface area contributed by atoms with Gasteiger partial charge in [-0.05, 0) is 77.2 Å². The van der Waals surface area contributed by atoms with Crippen molar-refractivity contribution in [3.05, 3.63) is 96.6 Å². The molecule has 0 unspecified atom stereocenters. The van der Waals surface area contributed by atoms with Crippen LogP contribution in [0.4, 0.5) is 20.2 Å². The van der Waals surface area contributed by atoms with E-state index in [2.05, 4.69) is 11.8 Å². The topological polar surface area (TPSA) is 20.3 Å². The van der Waals surface area contributed by atoms with E-state index in [0.29, 0.717) is 0 Å². The zero-order valence-corrected chi connectivity index (χ0v) is 20.5. The maximum absolute atomic E-state index is 13.9. The monoisotopic (exact) mass is 487 g/mol. The zero-order chi connectivity index (χ0) is 24.4. The van der Waals surface area contributed by atoms with Gasteiger partial charge in [-0.1, -0.05) is 62.6 Å². The highest BCUT2D eigenvalue weighted by molar-refractivity contribution is 7.85. The van der Waals surface area contributed by atoms with E-state index in [0.717, 1.165) is 62.8 Å². The lowest BCUT2D eigenvalue weighted by Crippen LogP contribution is -2.25. The molecule has 1 heterocycles. The van der Waals surface area contributed by atoms with Crippen molar-refractivity contribution in [2.75, 3.05) is 11.4 Å². The summed E-state index contributed by atoms with van der Waals surface area (Å²) in [5.74, 6) is -0.563. The Labute approximate surface area is 207 Å². The maximum atomic E-state index is 13.9. The van der Waals surface area contributed by atoms with Crippen molar-refractivity contribution in [2.45, 2.75) is 42.4 Å². The Bertz CT molecular complexity index is 1270. The van der Waals surface area contributed by atoms with Crippen molar-refractivity contribution < 1.29 is 13.0 Å². The minimum atomic E-state index is -1.39. The number of fused-ring (bicyclic) bond motifs is 2. The Morgan fingerprint density at radius 3 is 1.54 bits per heavy atom. The number of rotatable bonds is 7. The summed E-state index contributed by atoms with van der Waals surface area (Å²) >= 11 is 0. The maximum Gasteiger partial charge on any atom is 0.123 e. The molecule has 5 heteroatoms. The summed E-state index contributed by atoms with van der Waals surface area (Å²) in [7, 11) is -1.39. The van der Waals surface area contributed by atoms with E-state index >= 15 is 0 Å². The van der Waals surface area contributed by atoms with Crippen molar-refractivity contribution in [3.8, 4) is 22.3 Å². The second-order valence-electron chi connectivity index (χ2n) is 8.86. The molecule has 4 aromatic rings. The van der Waals surface area contributed by atoms with Gasteiger partial charge in [0.1, 0.15) is 11.6 Å². The van der Waals surface area contributed by atoms with Gasteiger partial charge in [-0.25, -0.2) is 13.0 Å². The second-order valence-corrected chi connectivity index (χ2v) is 10.3. The summed E-state index contributed by atoms with van der Waals surface area (Å²) in [5, 5.41) is 0. The van der Waals surface area contributed by atoms with Crippen LogP contribution in [-0.2, 0) is 10.8 Å². The molecule has 4 aromatic carbocycles. The van der Waals surface area contributed by atoms with Crippen molar-refractivity contribution in [2.24, 2.45) is 0 Å². The van der Waals surface area contributed by atoms with Crippen LogP contribution in [-0.4, -0.2) is 10.8 Å². The van der Waals surface area contributed by atoms with Gasteiger partial charge in [0.05, 0.1) is 32.0 Å². The molecule has 0 amide bonds. The van der Waals surface area contributed by atoms with Gasteiger partial charge >= 0.3 is 0 Å². The zero-order valence-electron chi connectivity index (χ0n) is 19.6. The van der Waals surface area contributed by atoms with Crippen LogP contribution in [0.5, 0.6) is 0 Å². The summed E-state index contributed by atoms with van der Waals surface area (Å²) in [6, 6.07) is 24.7. The van der Waals surface area contributed by atoms with Gasteiger partial charge in [0, 0.05) is 6.54 Å². The van der Waals surface area contributed by atoms with Gasteiger partial charge in [0.25, 0.3) is 0 Å². The standard InChI is InChI=1S/C30H27F2NOS/c1-2-3-4-5-18-33-27-16-10-23(21-6-12-25(31)13-7-21)19-29(27)35(34)30-20-24(11-17-28(30)33)22-8-14-26(32)15-9-22/h6-17,19-20H,2-5,18H2,1H3. The van der Waals surface area contributed by atoms with Crippen LogP contribution < -0.4 is 4.90 Å². The molecule has 178 valence electrons. The van der Waals surface area contributed by atoms with E-state index in [9.17, 15) is 13.0 Å². The summed E-state index contributed by atoms with van der Waals surface area (Å²) in [4.78, 5) is 3.78.